The van der Waals surface area contributed by atoms with E-state index < -0.39 is 0 Å². The zero-order valence-electron chi connectivity index (χ0n) is 19.4. The molecule has 0 bridgehead atoms. The van der Waals surface area contributed by atoms with E-state index in [1.807, 2.05) is 25.8 Å². The Balaban J connectivity index is 0.00000306. The number of hydrogen-bond acceptors (Lipinski definition) is 3. The average molecular weight is 559 g/mol. The van der Waals surface area contributed by atoms with Crippen LogP contribution in [0.4, 0.5) is 0 Å². The zero-order chi connectivity index (χ0) is 22.2. The van der Waals surface area contributed by atoms with Gasteiger partial charge in [0.15, 0.2) is 5.96 Å². The number of nitrogens with zero attached hydrogens (tertiary/aromatic N) is 3. The molecule has 1 fully saturated rings. The van der Waals surface area contributed by atoms with E-state index in [-0.39, 0.29) is 30.1 Å². The SMILES string of the molecule is CN=C(NCc1cccc(Cn2ccnc2)c1)NCC1CCCOC1c1ccc(C)cc1.I. The quantitative estimate of drug-likeness (QED) is 0.251. The van der Waals surface area contributed by atoms with Crippen LogP contribution in [0.15, 0.2) is 72.2 Å². The number of guanidine groups is 1. The Labute approximate surface area is 213 Å². The maximum atomic E-state index is 6.16. The van der Waals surface area contributed by atoms with Gasteiger partial charge >= 0.3 is 0 Å². The summed E-state index contributed by atoms with van der Waals surface area (Å²) in [4.78, 5) is 8.54. The molecule has 33 heavy (non-hydrogen) atoms. The third-order valence-electron chi connectivity index (χ3n) is 5.98. The van der Waals surface area contributed by atoms with Crippen LogP contribution < -0.4 is 10.6 Å². The van der Waals surface area contributed by atoms with Crippen molar-refractivity contribution in [3.8, 4) is 0 Å². The lowest BCUT2D eigenvalue weighted by molar-refractivity contribution is -0.0265. The summed E-state index contributed by atoms with van der Waals surface area (Å²) in [6.07, 6.45) is 8.02. The summed E-state index contributed by atoms with van der Waals surface area (Å²) < 4.78 is 8.23. The van der Waals surface area contributed by atoms with E-state index in [0.717, 1.165) is 45.0 Å². The summed E-state index contributed by atoms with van der Waals surface area (Å²) in [6.45, 7) is 5.33. The Kier molecular flexibility index (Phi) is 9.75. The highest BCUT2D eigenvalue weighted by molar-refractivity contribution is 14.0. The standard InChI is InChI=1S/C26H33N5O.HI/c1-20-8-10-23(11-9-20)25-24(7-4-14-32-25)17-30-26(27-2)29-16-21-5-3-6-22(15-21)18-31-13-12-28-19-31;/h3,5-6,8-13,15,19,24-25H,4,7,14,16-18H2,1-2H3,(H2,27,29,30);1H. The minimum absolute atomic E-state index is 0. The van der Waals surface area contributed by atoms with Crippen molar-refractivity contribution in [1.29, 1.82) is 0 Å². The number of aliphatic imine (C=N–C) groups is 1. The summed E-state index contributed by atoms with van der Waals surface area (Å²) in [5.41, 5.74) is 5.02. The van der Waals surface area contributed by atoms with Gasteiger partial charge in [0.05, 0.1) is 12.4 Å². The van der Waals surface area contributed by atoms with Crippen molar-refractivity contribution >= 4 is 29.9 Å². The summed E-state index contributed by atoms with van der Waals surface area (Å²) in [6, 6.07) is 17.3. The lowest BCUT2D eigenvalue weighted by Crippen LogP contribution is -2.41. The molecule has 1 aliphatic rings. The second-order valence-corrected chi connectivity index (χ2v) is 8.47. The second-order valence-electron chi connectivity index (χ2n) is 8.47. The minimum Gasteiger partial charge on any atom is -0.373 e. The van der Waals surface area contributed by atoms with Gasteiger partial charge in [-0.15, -0.1) is 24.0 Å². The number of benzene rings is 2. The van der Waals surface area contributed by atoms with E-state index >= 15 is 0 Å². The van der Waals surface area contributed by atoms with Crippen LogP contribution in [0.25, 0.3) is 0 Å². The largest absolute Gasteiger partial charge is 0.373 e. The van der Waals surface area contributed by atoms with Crippen LogP contribution in [0.5, 0.6) is 0 Å². The fourth-order valence-corrected chi connectivity index (χ4v) is 4.24. The molecule has 3 aromatic rings. The van der Waals surface area contributed by atoms with Crippen molar-refractivity contribution in [2.24, 2.45) is 10.9 Å². The molecule has 7 heteroatoms. The smallest absolute Gasteiger partial charge is 0.191 e. The summed E-state index contributed by atoms with van der Waals surface area (Å²) >= 11 is 0. The van der Waals surface area contributed by atoms with E-state index in [4.69, 9.17) is 4.74 Å². The van der Waals surface area contributed by atoms with Gasteiger partial charge in [-0.25, -0.2) is 4.98 Å². The average Bonchev–Trinajstić information content (AvgIpc) is 3.33. The molecule has 1 aliphatic heterocycles. The highest BCUT2D eigenvalue weighted by Gasteiger charge is 2.27. The van der Waals surface area contributed by atoms with Crippen molar-refractivity contribution in [2.45, 2.75) is 39.0 Å². The molecule has 176 valence electrons. The van der Waals surface area contributed by atoms with E-state index in [9.17, 15) is 0 Å². The molecular formula is C26H34IN5O. The molecule has 1 saturated heterocycles. The Bertz CT molecular complexity index is 1000. The number of ether oxygens (including phenoxy) is 1. The zero-order valence-corrected chi connectivity index (χ0v) is 21.7. The molecule has 2 unspecified atom stereocenters. The van der Waals surface area contributed by atoms with Gasteiger partial charge in [0.1, 0.15) is 0 Å². The predicted octanol–water partition coefficient (Wildman–Crippen LogP) is 4.69. The molecule has 2 atom stereocenters. The topological polar surface area (TPSA) is 63.5 Å². The monoisotopic (exact) mass is 559 g/mol. The molecule has 6 nitrogen and oxygen atoms in total. The third kappa shape index (κ3) is 7.30. The molecule has 0 radical (unpaired) electrons. The number of imidazole rings is 1. The molecule has 0 saturated carbocycles. The number of nitrogens with one attached hydrogen (secondary N) is 2. The van der Waals surface area contributed by atoms with Crippen LogP contribution in [-0.2, 0) is 17.8 Å². The lowest BCUT2D eigenvalue weighted by atomic mass is 9.89. The number of hydrogen-bond donors (Lipinski definition) is 2. The molecule has 0 amide bonds. The first-order valence-electron chi connectivity index (χ1n) is 11.4. The summed E-state index contributed by atoms with van der Waals surface area (Å²) in [5, 5.41) is 6.97. The van der Waals surface area contributed by atoms with Crippen molar-refractivity contribution < 1.29 is 4.74 Å². The number of aromatic nitrogens is 2. The molecular weight excluding hydrogens is 525 g/mol. The second kappa shape index (κ2) is 12.7. The highest BCUT2D eigenvalue weighted by Crippen LogP contribution is 2.33. The number of aryl methyl sites for hydroxylation is 1. The van der Waals surface area contributed by atoms with Crippen molar-refractivity contribution in [2.75, 3.05) is 20.2 Å². The van der Waals surface area contributed by atoms with E-state index in [2.05, 4.69) is 80.6 Å². The Morgan fingerprint density at radius 3 is 2.73 bits per heavy atom. The third-order valence-corrected chi connectivity index (χ3v) is 5.98. The van der Waals surface area contributed by atoms with Gasteiger partial charge in [0, 0.05) is 51.6 Å². The van der Waals surface area contributed by atoms with Crippen LogP contribution in [0.3, 0.4) is 0 Å². The van der Waals surface area contributed by atoms with Gasteiger partial charge in [0.2, 0.25) is 0 Å². The number of rotatable bonds is 7. The summed E-state index contributed by atoms with van der Waals surface area (Å²) in [5.74, 6) is 1.24. The Hall–Kier alpha value is -2.39. The van der Waals surface area contributed by atoms with Crippen molar-refractivity contribution in [3.05, 3.63) is 89.5 Å². The molecule has 0 spiro atoms. The van der Waals surface area contributed by atoms with Crippen LogP contribution in [-0.4, -0.2) is 35.7 Å². The highest BCUT2D eigenvalue weighted by atomic mass is 127. The molecule has 4 rings (SSSR count). The predicted molar refractivity (Wildman–Crippen MR) is 144 cm³/mol. The Morgan fingerprint density at radius 2 is 1.97 bits per heavy atom. The molecule has 1 aromatic heterocycles. The van der Waals surface area contributed by atoms with Crippen LogP contribution in [0.1, 0.15) is 41.2 Å². The first-order valence-corrected chi connectivity index (χ1v) is 11.4. The maximum absolute atomic E-state index is 6.16. The van der Waals surface area contributed by atoms with Crippen LogP contribution in [0, 0.1) is 12.8 Å². The summed E-state index contributed by atoms with van der Waals surface area (Å²) in [7, 11) is 1.82. The maximum Gasteiger partial charge on any atom is 0.191 e. The van der Waals surface area contributed by atoms with Gasteiger partial charge in [-0.1, -0.05) is 54.1 Å². The van der Waals surface area contributed by atoms with Gasteiger partial charge in [-0.3, -0.25) is 4.99 Å². The van der Waals surface area contributed by atoms with Gasteiger partial charge in [0.25, 0.3) is 0 Å². The van der Waals surface area contributed by atoms with Gasteiger partial charge < -0.3 is 19.9 Å². The van der Waals surface area contributed by atoms with E-state index in [1.165, 1.54) is 22.3 Å². The Morgan fingerprint density at radius 1 is 1.15 bits per heavy atom. The van der Waals surface area contributed by atoms with Gasteiger partial charge in [-0.05, 0) is 36.5 Å². The van der Waals surface area contributed by atoms with Gasteiger partial charge in [-0.2, -0.15) is 0 Å². The fraction of sp³-hybridized carbons (Fsp3) is 0.385. The molecule has 0 aliphatic carbocycles. The molecule has 2 aromatic carbocycles. The lowest BCUT2D eigenvalue weighted by Gasteiger charge is -2.32. The van der Waals surface area contributed by atoms with Crippen molar-refractivity contribution in [1.82, 2.24) is 20.2 Å². The van der Waals surface area contributed by atoms with Crippen molar-refractivity contribution in [3.63, 3.8) is 0 Å². The fourth-order valence-electron chi connectivity index (χ4n) is 4.24. The first-order chi connectivity index (χ1) is 15.7. The minimum atomic E-state index is 0. The van der Waals surface area contributed by atoms with Crippen LogP contribution in [0.2, 0.25) is 0 Å². The first kappa shape index (κ1) is 25.2. The normalized spacial score (nSPS) is 18.4. The number of halogens is 1. The van der Waals surface area contributed by atoms with E-state index in [0.29, 0.717) is 5.92 Å². The van der Waals surface area contributed by atoms with E-state index in [1.54, 1.807) is 0 Å². The molecule has 2 N–H and O–H groups in total. The van der Waals surface area contributed by atoms with Crippen LogP contribution >= 0.6 is 24.0 Å². The molecule has 2 heterocycles.